The average molecular weight is 353 g/mol. The molecule has 0 fully saturated rings. The van der Waals surface area contributed by atoms with Gasteiger partial charge in [-0.3, -0.25) is 0 Å². The van der Waals surface area contributed by atoms with Crippen LogP contribution >= 0.6 is 0 Å². The van der Waals surface area contributed by atoms with Crippen molar-refractivity contribution in [3.05, 3.63) is 66.4 Å². The number of nitrogens with zero attached hydrogens (tertiary/aromatic N) is 1. The number of esters is 1. The maximum absolute atomic E-state index is 11.3. The SMILES string of the molecule is COC(=O)COc1cccc2c1ccn2CCOCCc1ccccc1. The van der Waals surface area contributed by atoms with Gasteiger partial charge in [-0.2, -0.15) is 0 Å². The number of hydrogen-bond donors (Lipinski definition) is 0. The molecule has 0 spiro atoms. The molecule has 0 bridgehead atoms. The minimum absolute atomic E-state index is 0.0939. The predicted molar refractivity (Wildman–Crippen MR) is 100 cm³/mol. The van der Waals surface area contributed by atoms with E-state index in [2.05, 4.69) is 21.4 Å². The van der Waals surface area contributed by atoms with E-state index in [1.54, 1.807) is 0 Å². The van der Waals surface area contributed by atoms with Gasteiger partial charge in [-0.15, -0.1) is 0 Å². The first kappa shape index (κ1) is 18.0. The van der Waals surface area contributed by atoms with Crippen LogP contribution in [0.5, 0.6) is 5.75 Å². The lowest BCUT2D eigenvalue weighted by molar-refractivity contribution is -0.142. The summed E-state index contributed by atoms with van der Waals surface area (Å²) in [5.74, 6) is 0.282. The van der Waals surface area contributed by atoms with Gasteiger partial charge in [0, 0.05) is 18.1 Å². The van der Waals surface area contributed by atoms with E-state index < -0.39 is 5.97 Å². The van der Waals surface area contributed by atoms with E-state index in [1.165, 1.54) is 12.7 Å². The highest BCUT2D eigenvalue weighted by Crippen LogP contribution is 2.26. The number of benzene rings is 2. The highest BCUT2D eigenvalue weighted by atomic mass is 16.6. The molecule has 1 aromatic heterocycles. The van der Waals surface area contributed by atoms with E-state index in [0.717, 1.165) is 23.9 Å². The molecule has 136 valence electrons. The molecular formula is C21H23NO4. The number of carbonyl (C=O) groups excluding carboxylic acids is 1. The fraction of sp³-hybridized carbons (Fsp3) is 0.286. The van der Waals surface area contributed by atoms with Gasteiger partial charge in [0.1, 0.15) is 5.75 Å². The van der Waals surface area contributed by atoms with E-state index in [9.17, 15) is 4.79 Å². The van der Waals surface area contributed by atoms with E-state index in [-0.39, 0.29) is 6.61 Å². The summed E-state index contributed by atoms with van der Waals surface area (Å²) in [5, 5.41) is 0.973. The Hall–Kier alpha value is -2.79. The van der Waals surface area contributed by atoms with Crippen molar-refractivity contribution in [3.8, 4) is 5.75 Å². The van der Waals surface area contributed by atoms with Gasteiger partial charge in [-0.1, -0.05) is 36.4 Å². The van der Waals surface area contributed by atoms with E-state index in [0.29, 0.717) is 19.0 Å². The first-order chi connectivity index (χ1) is 12.8. The lowest BCUT2D eigenvalue weighted by Gasteiger charge is -2.09. The fourth-order valence-electron chi connectivity index (χ4n) is 2.81. The number of fused-ring (bicyclic) bond motifs is 1. The van der Waals surface area contributed by atoms with Crippen LogP contribution in [0.3, 0.4) is 0 Å². The second-order valence-corrected chi connectivity index (χ2v) is 5.91. The minimum atomic E-state index is -0.395. The number of rotatable bonds is 9. The van der Waals surface area contributed by atoms with Crippen molar-refractivity contribution >= 4 is 16.9 Å². The average Bonchev–Trinajstić information content (AvgIpc) is 3.10. The summed E-state index contributed by atoms with van der Waals surface area (Å²) in [7, 11) is 1.35. The summed E-state index contributed by atoms with van der Waals surface area (Å²) in [6.07, 6.45) is 2.93. The zero-order chi connectivity index (χ0) is 18.2. The van der Waals surface area contributed by atoms with Gasteiger partial charge in [-0.25, -0.2) is 4.79 Å². The van der Waals surface area contributed by atoms with Gasteiger partial charge in [0.2, 0.25) is 0 Å². The Labute approximate surface area is 153 Å². The Kier molecular flexibility index (Phi) is 6.28. The quantitative estimate of drug-likeness (QED) is 0.437. The van der Waals surface area contributed by atoms with Crippen LogP contribution in [0, 0.1) is 0 Å². The van der Waals surface area contributed by atoms with Crippen LogP contribution < -0.4 is 4.74 Å². The molecule has 5 nitrogen and oxygen atoms in total. The molecule has 0 aliphatic heterocycles. The Morgan fingerprint density at radius 3 is 2.65 bits per heavy atom. The molecule has 0 atom stereocenters. The second kappa shape index (κ2) is 9.06. The van der Waals surface area contributed by atoms with Crippen LogP contribution in [0.4, 0.5) is 0 Å². The van der Waals surface area contributed by atoms with Crippen LogP contribution in [-0.4, -0.2) is 37.5 Å². The first-order valence-corrected chi connectivity index (χ1v) is 8.67. The molecule has 5 heteroatoms. The maximum Gasteiger partial charge on any atom is 0.343 e. The zero-order valence-electron chi connectivity index (χ0n) is 14.9. The van der Waals surface area contributed by atoms with Crippen molar-refractivity contribution < 1.29 is 19.0 Å². The molecule has 0 amide bonds. The summed E-state index contributed by atoms with van der Waals surface area (Å²) >= 11 is 0. The minimum Gasteiger partial charge on any atom is -0.481 e. The summed E-state index contributed by atoms with van der Waals surface area (Å²) in [4.78, 5) is 11.3. The van der Waals surface area contributed by atoms with Crippen molar-refractivity contribution in [1.82, 2.24) is 4.57 Å². The van der Waals surface area contributed by atoms with Crippen molar-refractivity contribution in [2.75, 3.05) is 26.9 Å². The Balaban J connectivity index is 1.53. The summed E-state index contributed by atoms with van der Waals surface area (Å²) in [5.41, 5.74) is 2.34. The molecule has 0 aliphatic rings. The third-order valence-electron chi connectivity index (χ3n) is 4.20. The van der Waals surface area contributed by atoms with Crippen LogP contribution in [0.1, 0.15) is 5.56 Å². The molecule has 3 rings (SSSR count). The molecule has 0 saturated carbocycles. The lowest BCUT2D eigenvalue weighted by atomic mass is 10.2. The van der Waals surface area contributed by atoms with Gasteiger partial charge >= 0.3 is 5.97 Å². The van der Waals surface area contributed by atoms with Crippen molar-refractivity contribution in [3.63, 3.8) is 0 Å². The number of methoxy groups -OCH3 is 1. The van der Waals surface area contributed by atoms with Crippen LogP contribution in [0.2, 0.25) is 0 Å². The zero-order valence-corrected chi connectivity index (χ0v) is 14.9. The van der Waals surface area contributed by atoms with E-state index >= 15 is 0 Å². The van der Waals surface area contributed by atoms with Gasteiger partial charge < -0.3 is 18.8 Å². The van der Waals surface area contributed by atoms with E-state index in [4.69, 9.17) is 9.47 Å². The Morgan fingerprint density at radius 2 is 1.85 bits per heavy atom. The first-order valence-electron chi connectivity index (χ1n) is 8.67. The smallest absolute Gasteiger partial charge is 0.343 e. The number of ether oxygens (including phenoxy) is 3. The molecule has 26 heavy (non-hydrogen) atoms. The highest BCUT2D eigenvalue weighted by molar-refractivity contribution is 5.86. The van der Waals surface area contributed by atoms with Gasteiger partial charge in [-0.05, 0) is 30.2 Å². The molecule has 2 aromatic carbocycles. The van der Waals surface area contributed by atoms with Crippen molar-refractivity contribution in [2.45, 2.75) is 13.0 Å². The highest BCUT2D eigenvalue weighted by Gasteiger charge is 2.08. The predicted octanol–water partition coefficient (Wildman–Crippen LogP) is 3.45. The Morgan fingerprint density at radius 1 is 1.00 bits per heavy atom. The Bertz CT molecular complexity index is 842. The van der Waals surface area contributed by atoms with Crippen molar-refractivity contribution in [1.29, 1.82) is 0 Å². The van der Waals surface area contributed by atoms with Crippen LogP contribution in [0.15, 0.2) is 60.8 Å². The second-order valence-electron chi connectivity index (χ2n) is 5.91. The fourth-order valence-corrected chi connectivity index (χ4v) is 2.81. The topological polar surface area (TPSA) is 49.7 Å². The molecule has 0 N–H and O–H groups in total. The summed E-state index contributed by atoms with van der Waals surface area (Å²) < 4.78 is 18.1. The normalized spacial score (nSPS) is 10.8. The monoisotopic (exact) mass is 353 g/mol. The molecular weight excluding hydrogens is 330 g/mol. The van der Waals surface area contributed by atoms with Crippen molar-refractivity contribution in [2.24, 2.45) is 0 Å². The largest absolute Gasteiger partial charge is 0.481 e. The molecule has 0 radical (unpaired) electrons. The van der Waals surface area contributed by atoms with Crippen LogP contribution in [-0.2, 0) is 27.2 Å². The summed E-state index contributed by atoms with van der Waals surface area (Å²) in [6, 6.07) is 18.1. The van der Waals surface area contributed by atoms with Gasteiger partial charge in [0.15, 0.2) is 6.61 Å². The number of hydrogen-bond acceptors (Lipinski definition) is 4. The molecule has 0 aliphatic carbocycles. The number of aromatic nitrogens is 1. The lowest BCUT2D eigenvalue weighted by Crippen LogP contribution is -2.12. The van der Waals surface area contributed by atoms with Crippen LogP contribution in [0.25, 0.3) is 10.9 Å². The third-order valence-corrected chi connectivity index (χ3v) is 4.20. The summed E-state index contributed by atoms with van der Waals surface area (Å²) in [6.45, 7) is 2.02. The standard InChI is InChI=1S/C21H23NO4/c1-24-21(23)16-26-20-9-5-8-19-18(20)10-12-22(19)13-15-25-14-11-17-6-3-2-4-7-17/h2-10,12H,11,13-16H2,1H3. The van der Waals surface area contributed by atoms with Gasteiger partial charge in [0.05, 0.1) is 25.8 Å². The third kappa shape index (κ3) is 4.64. The molecule has 0 saturated heterocycles. The number of carbonyl (C=O) groups is 1. The van der Waals surface area contributed by atoms with Gasteiger partial charge in [0.25, 0.3) is 0 Å². The molecule has 0 unspecified atom stereocenters. The molecule has 1 heterocycles. The molecule has 3 aromatic rings. The van der Waals surface area contributed by atoms with E-state index in [1.807, 2.05) is 48.7 Å². The maximum atomic E-state index is 11.3.